The summed E-state index contributed by atoms with van der Waals surface area (Å²) in [7, 11) is 1.40. The predicted octanol–water partition coefficient (Wildman–Crippen LogP) is 9.37. The van der Waals surface area contributed by atoms with Crippen LogP contribution in [0.3, 0.4) is 0 Å². The molecule has 0 aliphatic rings. The maximum atomic E-state index is 12.4. The van der Waals surface area contributed by atoms with E-state index in [1.54, 1.807) is 11.3 Å². The van der Waals surface area contributed by atoms with Gasteiger partial charge in [0.2, 0.25) is 0 Å². The van der Waals surface area contributed by atoms with Crippen molar-refractivity contribution in [2.24, 2.45) is 0 Å². The second-order valence-electron chi connectivity index (χ2n) is 11.1. The van der Waals surface area contributed by atoms with E-state index in [0.717, 1.165) is 56.4 Å². The fourth-order valence-electron chi connectivity index (χ4n) is 5.99. The fraction of sp³-hybridized carbons (Fsp3) is 0.132. The van der Waals surface area contributed by atoms with Crippen molar-refractivity contribution in [3.8, 4) is 11.4 Å². The van der Waals surface area contributed by atoms with Gasteiger partial charge in [-0.1, -0.05) is 90.2 Å². The van der Waals surface area contributed by atoms with Crippen LogP contribution in [-0.2, 0) is 11.3 Å². The molecular weight excluding hydrogens is 577 g/mol. The molecule has 0 saturated heterocycles. The van der Waals surface area contributed by atoms with Crippen LogP contribution in [0.25, 0.3) is 32.6 Å². The summed E-state index contributed by atoms with van der Waals surface area (Å²) < 4.78 is 8.36. The van der Waals surface area contributed by atoms with Crippen molar-refractivity contribution in [3.05, 3.63) is 144 Å². The number of hydrogen-bond donors (Lipinski definition) is 1. The Morgan fingerprint density at radius 1 is 0.822 bits per heavy atom. The molecule has 0 radical (unpaired) electrons. The molecule has 7 aromatic rings. The summed E-state index contributed by atoms with van der Waals surface area (Å²) in [5.41, 5.74) is 8.87. The van der Waals surface area contributed by atoms with Crippen LogP contribution in [0.5, 0.6) is 0 Å². The third-order valence-corrected chi connectivity index (χ3v) is 9.16. The number of fused-ring (bicyclic) bond motifs is 2. The van der Waals surface area contributed by atoms with Gasteiger partial charge in [-0.3, -0.25) is 0 Å². The zero-order valence-corrected chi connectivity index (χ0v) is 25.9. The third kappa shape index (κ3) is 5.82. The molecule has 0 bridgehead atoms. The smallest absolute Gasteiger partial charge is 0.337 e. The van der Waals surface area contributed by atoms with E-state index in [1.807, 2.05) is 42.5 Å². The van der Waals surface area contributed by atoms with Gasteiger partial charge in [0.25, 0.3) is 0 Å². The van der Waals surface area contributed by atoms with E-state index < -0.39 is 0 Å². The van der Waals surface area contributed by atoms with Crippen molar-refractivity contribution in [1.29, 1.82) is 0 Å². The molecule has 222 valence electrons. The number of benzene rings is 5. The number of thiazole rings is 1. The highest BCUT2D eigenvalue weighted by Gasteiger charge is 2.21. The van der Waals surface area contributed by atoms with Gasteiger partial charge < -0.3 is 14.6 Å². The number of hydrogen-bond acceptors (Lipinski definition) is 6. The molecule has 7 heteroatoms. The van der Waals surface area contributed by atoms with Crippen molar-refractivity contribution in [1.82, 2.24) is 14.5 Å². The van der Waals surface area contributed by atoms with Crippen LogP contribution in [0.4, 0.5) is 10.8 Å². The summed E-state index contributed by atoms with van der Waals surface area (Å²) in [6, 6.07) is 41.4. The first kappa shape index (κ1) is 28.5. The minimum absolute atomic E-state index is 0.205. The summed E-state index contributed by atoms with van der Waals surface area (Å²) >= 11 is 1.62. The first-order valence-corrected chi connectivity index (χ1v) is 15.8. The summed E-state index contributed by atoms with van der Waals surface area (Å²) in [6.45, 7) is 2.80. The Morgan fingerprint density at radius 3 is 2.27 bits per heavy atom. The highest BCUT2D eigenvalue weighted by atomic mass is 32.1. The number of aryl methyl sites for hydroxylation is 2. The van der Waals surface area contributed by atoms with Crippen LogP contribution < -0.4 is 5.32 Å². The molecule has 7 rings (SSSR count). The fourth-order valence-corrected chi connectivity index (χ4v) is 6.98. The van der Waals surface area contributed by atoms with Crippen LogP contribution in [0.15, 0.2) is 121 Å². The number of anilines is 2. The van der Waals surface area contributed by atoms with Crippen LogP contribution in [0.1, 0.15) is 39.4 Å². The Kier molecular flexibility index (Phi) is 7.84. The number of nitrogens with one attached hydrogen (secondary N) is 1. The highest BCUT2D eigenvalue weighted by Crippen LogP contribution is 2.38. The molecule has 0 fully saturated rings. The molecule has 0 aliphatic carbocycles. The molecular formula is C38H32N4O2S. The van der Waals surface area contributed by atoms with Crippen molar-refractivity contribution in [2.45, 2.75) is 25.8 Å². The molecule has 0 unspecified atom stereocenters. The van der Waals surface area contributed by atoms with Crippen molar-refractivity contribution < 1.29 is 9.53 Å². The number of imidazole rings is 1. The summed E-state index contributed by atoms with van der Waals surface area (Å²) in [5, 5.41) is 4.31. The Bertz CT molecular complexity index is 2080. The van der Waals surface area contributed by atoms with Gasteiger partial charge in [-0.25, -0.2) is 14.8 Å². The SMILES string of the molecule is COC(=O)c1ccc2c(c1)nc(-c1cccc3nc(Nc4cccc(C)c4)sc13)n2CCC(c1ccccc1)c1ccccc1. The molecule has 0 saturated carbocycles. The van der Waals surface area contributed by atoms with Crippen molar-refractivity contribution in [2.75, 3.05) is 12.4 Å². The molecule has 2 aromatic heterocycles. The second-order valence-corrected chi connectivity index (χ2v) is 12.1. The molecule has 6 nitrogen and oxygen atoms in total. The average molecular weight is 609 g/mol. The van der Waals surface area contributed by atoms with E-state index in [-0.39, 0.29) is 11.9 Å². The van der Waals surface area contributed by atoms with Crippen LogP contribution in [0.2, 0.25) is 0 Å². The number of methoxy groups -OCH3 is 1. The Hall–Kier alpha value is -5.27. The van der Waals surface area contributed by atoms with E-state index in [4.69, 9.17) is 14.7 Å². The maximum Gasteiger partial charge on any atom is 0.337 e. The summed E-state index contributed by atoms with van der Waals surface area (Å²) in [6.07, 6.45) is 0.865. The minimum atomic E-state index is -0.377. The Balaban J connectivity index is 1.33. The zero-order valence-electron chi connectivity index (χ0n) is 25.1. The Morgan fingerprint density at radius 2 is 1.56 bits per heavy atom. The topological polar surface area (TPSA) is 69.0 Å². The second kappa shape index (κ2) is 12.4. The molecule has 0 aliphatic heterocycles. The first-order valence-electron chi connectivity index (χ1n) is 15.0. The number of nitrogens with zero attached hydrogens (tertiary/aromatic N) is 3. The largest absolute Gasteiger partial charge is 0.465 e. The van der Waals surface area contributed by atoms with Gasteiger partial charge in [0, 0.05) is 23.7 Å². The molecule has 2 heterocycles. The number of esters is 1. The molecule has 0 atom stereocenters. The maximum absolute atomic E-state index is 12.4. The minimum Gasteiger partial charge on any atom is -0.465 e. The van der Waals surface area contributed by atoms with Crippen molar-refractivity contribution in [3.63, 3.8) is 0 Å². The van der Waals surface area contributed by atoms with Gasteiger partial charge in [-0.15, -0.1) is 0 Å². The molecule has 1 N–H and O–H groups in total. The lowest BCUT2D eigenvalue weighted by molar-refractivity contribution is 0.0601. The van der Waals surface area contributed by atoms with Gasteiger partial charge in [-0.05, 0) is 72.5 Å². The first-order chi connectivity index (χ1) is 22.1. The van der Waals surface area contributed by atoms with E-state index in [2.05, 4.69) is 95.7 Å². The van der Waals surface area contributed by atoms with Gasteiger partial charge in [-0.2, -0.15) is 0 Å². The van der Waals surface area contributed by atoms with Crippen molar-refractivity contribution >= 4 is 49.4 Å². The summed E-state index contributed by atoms with van der Waals surface area (Å²) in [5.74, 6) is 0.678. The monoisotopic (exact) mass is 608 g/mol. The van der Waals surface area contributed by atoms with E-state index in [1.165, 1.54) is 23.8 Å². The molecule has 0 amide bonds. The average Bonchev–Trinajstić information content (AvgIpc) is 3.66. The van der Waals surface area contributed by atoms with Gasteiger partial charge in [0.15, 0.2) is 5.13 Å². The van der Waals surface area contributed by atoms with Crippen LogP contribution >= 0.6 is 11.3 Å². The van der Waals surface area contributed by atoms with E-state index in [0.29, 0.717) is 5.56 Å². The van der Waals surface area contributed by atoms with E-state index in [9.17, 15) is 4.79 Å². The zero-order chi connectivity index (χ0) is 30.8. The van der Waals surface area contributed by atoms with Gasteiger partial charge >= 0.3 is 5.97 Å². The summed E-state index contributed by atoms with van der Waals surface area (Å²) in [4.78, 5) is 22.5. The lowest BCUT2D eigenvalue weighted by atomic mass is 9.88. The predicted molar refractivity (Wildman–Crippen MR) is 183 cm³/mol. The number of carbonyl (C=O) groups is 1. The van der Waals surface area contributed by atoms with E-state index >= 15 is 0 Å². The van der Waals surface area contributed by atoms with Crippen LogP contribution in [-0.4, -0.2) is 27.6 Å². The normalized spacial score (nSPS) is 11.4. The molecule has 5 aromatic carbocycles. The Labute approximate surface area is 266 Å². The standard InChI is InChI=1S/C38H32N4O2S/c1-25-11-9-16-29(23-25)39-38-41-32-18-10-17-31(35(32)45-38)36-40-33-24-28(37(43)44-2)19-20-34(33)42(36)22-21-30(26-12-5-3-6-13-26)27-14-7-4-8-15-27/h3-20,23-24,30H,21-22H2,1-2H3,(H,39,41). The number of rotatable bonds is 9. The molecule has 0 spiro atoms. The highest BCUT2D eigenvalue weighted by molar-refractivity contribution is 7.22. The lowest BCUT2D eigenvalue weighted by Gasteiger charge is -2.20. The number of ether oxygens (including phenoxy) is 1. The van der Waals surface area contributed by atoms with Crippen LogP contribution in [0, 0.1) is 6.92 Å². The van der Waals surface area contributed by atoms with Gasteiger partial charge in [0.05, 0.1) is 33.9 Å². The quantitative estimate of drug-likeness (QED) is 0.165. The lowest BCUT2D eigenvalue weighted by Crippen LogP contribution is -2.08. The number of carbonyl (C=O) groups excluding carboxylic acids is 1. The number of aromatic nitrogens is 3. The van der Waals surface area contributed by atoms with Gasteiger partial charge in [0.1, 0.15) is 5.82 Å². The third-order valence-electron chi connectivity index (χ3n) is 8.14. The molecule has 45 heavy (non-hydrogen) atoms.